The van der Waals surface area contributed by atoms with Gasteiger partial charge in [-0.3, -0.25) is 14.9 Å². The van der Waals surface area contributed by atoms with E-state index in [0.29, 0.717) is 16.1 Å². The first-order valence-corrected chi connectivity index (χ1v) is 7.21. The lowest BCUT2D eigenvalue weighted by atomic mass is 10.1. The third kappa shape index (κ3) is 5.03. The van der Waals surface area contributed by atoms with E-state index in [1.807, 2.05) is 0 Å². The van der Waals surface area contributed by atoms with Gasteiger partial charge in [0.2, 0.25) is 0 Å². The molecule has 2 aromatic carbocycles. The Morgan fingerprint density at radius 2 is 1.88 bits per heavy atom. The van der Waals surface area contributed by atoms with Crippen molar-refractivity contribution in [3.05, 3.63) is 80.9 Å². The summed E-state index contributed by atoms with van der Waals surface area (Å²) in [4.78, 5) is 33.5. The average molecular weight is 346 g/mol. The molecular weight excluding hydrogens is 334 g/mol. The largest absolute Gasteiger partial charge is 0.454 e. The van der Waals surface area contributed by atoms with Crippen LogP contribution in [0.3, 0.4) is 0 Å². The molecule has 122 valence electrons. The van der Waals surface area contributed by atoms with E-state index in [4.69, 9.17) is 16.3 Å². The molecule has 0 aromatic heterocycles. The lowest BCUT2D eigenvalue weighted by Gasteiger charge is -2.02. The minimum atomic E-state index is -0.691. The zero-order valence-corrected chi connectivity index (χ0v) is 13.1. The number of carbonyl (C=O) groups is 2. The number of hydrogen-bond acceptors (Lipinski definition) is 5. The van der Waals surface area contributed by atoms with Crippen LogP contribution in [0.15, 0.2) is 54.6 Å². The summed E-state index contributed by atoms with van der Waals surface area (Å²) in [6.07, 6.45) is 2.59. The van der Waals surface area contributed by atoms with Crippen molar-refractivity contribution in [2.24, 2.45) is 0 Å². The molecule has 0 aliphatic carbocycles. The molecule has 0 atom stereocenters. The Balaban J connectivity index is 1.88. The molecule has 24 heavy (non-hydrogen) atoms. The lowest BCUT2D eigenvalue weighted by molar-refractivity contribution is -0.384. The van der Waals surface area contributed by atoms with Crippen LogP contribution in [0.1, 0.15) is 15.9 Å². The second-order valence-corrected chi connectivity index (χ2v) is 5.16. The third-order valence-corrected chi connectivity index (χ3v) is 3.24. The minimum absolute atomic E-state index is 0.0400. The van der Waals surface area contributed by atoms with Gasteiger partial charge >= 0.3 is 5.97 Å². The summed E-state index contributed by atoms with van der Waals surface area (Å²) in [7, 11) is 0. The monoisotopic (exact) mass is 345 g/mol. The molecular formula is C17H12ClNO5. The first-order valence-electron chi connectivity index (χ1n) is 6.84. The van der Waals surface area contributed by atoms with Crippen LogP contribution in [0.25, 0.3) is 6.08 Å². The molecule has 0 bridgehead atoms. The van der Waals surface area contributed by atoms with E-state index in [1.165, 1.54) is 36.4 Å². The van der Waals surface area contributed by atoms with Gasteiger partial charge in [0.15, 0.2) is 12.4 Å². The van der Waals surface area contributed by atoms with Crippen molar-refractivity contribution in [3.63, 3.8) is 0 Å². The van der Waals surface area contributed by atoms with Gasteiger partial charge in [0, 0.05) is 28.8 Å². The summed E-state index contributed by atoms with van der Waals surface area (Å²) in [5.74, 6) is -1.06. The zero-order chi connectivity index (χ0) is 17.5. The van der Waals surface area contributed by atoms with E-state index in [1.54, 1.807) is 18.2 Å². The maximum Gasteiger partial charge on any atom is 0.331 e. The fourth-order valence-corrected chi connectivity index (χ4v) is 1.99. The van der Waals surface area contributed by atoms with E-state index >= 15 is 0 Å². The molecule has 0 aliphatic rings. The van der Waals surface area contributed by atoms with Crippen LogP contribution in [0.2, 0.25) is 5.02 Å². The molecule has 6 nitrogen and oxygen atoms in total. The number of hydrogen-bond donors (Lipinski definition) is 0. The normalized spacial score (nSPS) is 10.5. The standard InChI is InChI=1S/C17H12ClNO5/c18-14-3-1-2-13(10-14)16(20)11-24-17(21)9-6-12-4-7-15(8-5-12)19(22)23/h1-10H,11H2. The number of rotatable bonds is 6. The number of nitro groups is 1. The van der Waals surface area contributed by atoms with Gasteiger partial charge in [-0.15, -0.1) is 0 Å². The van der Waals surface area contributed by atoms with Crippen molar-refractivity contribution < 1.29 is 19.2 Å². The molecule has 0 saturated heterocycles. The van der Waals surface area contributed by atoms with E-state index < -0.39 is 17.5 Å². The highest BCUT2D eigenvalue weighted by Crippen LogP contribution is 2.13. The molecule has 0 heterocycles. The average Bonchev–Trinajstić information content (AvgIpc) is 2.58. The number of nitrogens with zero attached hydrogens (tertiary/aromatic N) is 1. The topological polar surface area (TPSA) is 86.5 Å². The van der Waals surface area contributed by atoms with Crippen LogP contribution in [0.4, 0.5) is 5.69 Å². The van der Waals surface area contributed by atoms with Crippen LogP contribution in [0, 0.1) is 10.1 Å². The van der Waals surface area contributed by atoms with Crippen LogP contribution in [-0.2, 0) is 9.53 Å². The van der Waals surface area contributed by atoms with Crippen LogP contribution in [-0.4, -0.2) is 23.3 Å². The van der Waals surface area contributed by atoms with Crippen molar-refractivity contribution in [3.8, 4) is 0 Å². The molecule has 0 fully saturated rings. The van der Waals surface area contributed by atoms with Gasteiger partial charge in [-0.2, -0.15) is 0 Å². The number of ether oxygens (including phenoxy) is 1. The first-order chi connectivity index (χ1) is 11.5. The maximum atomic E-state index is 11.9. The Morgan fingerprint density at radius 3 is 2.50 bits per heavy atom. The van der Waals surface area contributed by atoms with Gasteiger partial charge in [-0.05, 0) is 35.9 Å². The van der Waals surface area contributed by atoms with Gasteiger partial charge in [0.05, 0.1) is 4.92 Å². The number of ketones is 1. The summed E-state index contributed by atoms with van der Waals surface area (Å²) < 4.78 is 4.86. The van der Waals surface area contributed by atoms with E-state index in [2.05, 4.69) is 0 Å². The number of Topliss-reactive ketones (excluding diaryl/α,β-unsaturated/α-hetero) is 1. The summed E-state index contributed by atoms with van der Waals surface area (Å²) in [6, 6.07) is 12.0. The Bertz CT molecular complexity index is 799. The van der Waals surface area contributed by atoms with Crippen molar-refractivity contribution >= 4 is 35.1 Å². The second kappa shape index (κ2) is 8.03. The second-order valence-electron chi connectivity index (χ2n) is 4.72. The molecule has 7 heteroatoms. The summed E-state index contributed by atoms with van der Waals surface area (Å²) in [6.45, 7) is -0.399. The molecule has 0 spiro atoms. The molecule has 2 aromatic rings. The minimum Gasteiger partial charge on any atom is -0.454 e. The van der Waals surface area contributed by atoms with Gasteiger partial charge in [0.25, 0.3) is 5.69 Å². The lowest BCUT2D eigenvalue weighted by Crippen LogP contribution is -2.12. The SMILES string of the molecule is O=C(C=Cc1ccc([N+](=O)[O-])cc1)OCC(=O)c1cccc(Cl)c1. The highest BCUT2D eigenvalue weighted by atomic mass is 35.5. The zero-order valence-electron chi connectivity index (χ0n) is 12.3. The Labute approximate surface area is 142 Å². The van der Waals surface area contributed by atoms with Gasteiger partial charge in [-0.1, -0.05) is 23.7 Å². The predicted molar refractivity (Wildman–Crippen MR) is 88.9 cm³/mol. The fraction of sp³-hybridized carbons (Fsp3) is 0.0588. The highest BCUT2D eigenvalue weighted by Gasteiger charge is 2.09. The maximum absolute atomic E-state index is 11.9. The van der Waals surface area contributed by atoms with E-state index in [-0.39, 0.29) is 11.5 Å². The molecule has 2 rings (SSSR count). The predicted octanol–water partition coefficient (Wildman–Crippen LogP) is 3.69. The molecule has 0 unspecified atom stereocenters. The van der Waals surface area contributed by atoms with E-state index in [0.717, 1.165) is 6.08 Å². The smallest absolute Gasteiger partial charge is 0.331 e. The van der Waals surface area contributed by atoms with Crippen LogP contribution < -0.4 is 0 Å². The first kappa shape index (κ1) is 17.4. The summed E-state index contributed by atoms with van der Waals surface area (Å²) >= 11 is 5.79. The summed E-state index contributed by atoms with van der Waals surface area (Å²) in [5.41, 5.74) is 0.912. The Morgan fingerprint density at radius 1 is 1.17 bits per heavy atom. The molecule has 0 N–H and O–H groups in total. The Kier molecular flexibility index (Phi) is 5.81. The fourth-order valence-electron chi connectivity index (χ4n) is 1.80. The molecule has 0 radical (unpaired) electrons. The van der Waals surface area contributed by atoms with Crippen LogP contribution >= 0.6 is 11.6 Å². The third-order valence-electron chi connectivity index (χ3n) is 3.01. The number of esters is 1. The number of halogens is 1. The van der Waals surface area contributed by atoms with Crippen molar-refractivity contribution in [1.82, 2.24) is 0 Å². The van der Waals surface area contributed by atoms with Crippen LogP contribution in [0.5, 0.6) is 0 Å². The van der Waals surface area contributed by atoms with Crippen molar-refractivity contribution in [1.29, 1.82) is 0 Å². The number of carbonyl (C=O) groups excluding carboxylic acids is 2. The number of benzene rings is 2. The number of nitro benzene ring substituents is 1. The van der Waals surface area contributed by atoms with E-state index in [9.17, 15) is 19.7 Å². The van der Waals surface area contributed by atoms with Gasteiger partial charge in [-0.25, -0.2) is 4.79 Å². The van der Waals surface area contributed by atoms with Gasteiger partial charge < -0.3 is 4.74 Å². The molecule has 0 saturated carbocycles. The van der Waals surface area contributed by atoms with Crippen molar-refractivity contribution in [2.75, 3.05) is 6.61 Å². The quantitative estimate of drug-likeness (QED) is 0.262. The number of non-ortho nitro benzene ring substituents is 1. The Hall–Kier alpha value is -2.99. The van der Waals surface area contributed by atoms with Gasteiger partial charge in [0.1, 0.15) is 0 Å². The highest BCUT2D eigenvalue weighted by molar-refractivity contribution is 6.31. The molecule has 0 aliphatic heterocycles. The summed E-state index contributed by atoms with van der Waals surface area (Å²) in [5, 5.41) is 11.0. The molecule has 0 amide bonds. The van der Waals surface area contributed by atoms with Crippen molar-refractivity contribution in [2.45, 2.75) is 0 Å².